The second-order valence-corrected chi connectivity index (χ2v) is 7.07. The van der Waals surface area contributed by atoms with Crippen LogP contribution in [-0.2, 0) is 10.0 Å². The van der Waals surface area contributed by atoms with E-state index in [0.29, 0.717) is 11.4 Å². The van der Waals surface area contributed by atoms with Crippen LogP contribution < -0.4 is 26.8 Å². The van der Waals surface area contributed by atoms with Gasteiger partial charge in [0.05, 0.1) is 10.9 Å². The minimum atomic E-state index is -3.85. The molecule has 0 fully saturated rings. The zero-order valence-corrected chi connectivity index (χ0v) is 14.7. The standard InChI is InChI=1S/C16H19N5O4S/c1-10(11-5-7-12(8-6-11)20-15(17)22)19-16(23)21-13-3-2-4-14(9-13)26(18,24)25/h2-10H,1H3,(H3,17,20,22)(H2,18,24,25)(H2,19,21,23). The zero-order valence-electron chi connectivity index (χ0n) is 13.9. The van der Waals surface area contributed by atoms with E-state index in [2.05, 4.69) is 16.0 Å². The van der Waals surface area contributed by atoms with E-state index >= 15 is 0 Å². The first-order valence-corrected chi connectivity index (χ1v) is 9.06. The van der Waals surface area contributed by atoms with Crippen molar-refractivity contribution in [2.75, 3.05) is 10.6 Å². The van der Waals surface area contributed by atoms with Gasteiger partial charge in [-0.2, -0.15) is 0 Å². The maximum Gasteiger partial charge on any atom is 0.319 e. The first-order valence-electron chi connectivity index (χ1n) is 7.52. The topological polar surface area (TPSA) is 156 Å². The Kier molecular flexibility index (Phi) is 5.80. The van der Waals surface area contributed by atoms with E-state index in [1.807, 2.05) is 0 Å². The van der Waals surface area contributed by atoms with Crippen molar-refractivity contribution in [1.29, 1.82) is 0 Å². The summed E-state index contributed by atoms with van der Waals surface area (Å²) in [6.45, 7) is 1.77. The van der Waals surface area contributed by atoms with Crippen molar-refractivity contribution >= 4 is 33.5 Å². The fourth-order valence-electron chi connectivity index (χ4n) is 2.20. The van der Waals surface area contributed by atoms with Gasteiger partial charge in [0.2, 0.25) is 10.0 Å². The number of carbonyl (C=O) groups is 2. The highest BCUT2D eigenvalue weighted by molar-refractivity contribution is 7.89. The molecule has 2 rings (SSSR count). The van der Waals surface area contributed by atoms with Gasteiger partial charge < -0.3 is 21.7 Å². The van der Waals surface area contributed by atoms with Crippen molar-refractivity contribution in [1.82, 2.24) is 5.32 Å². The quantitative estimate of drug-likeness (QED) is 0.537. The normalized spacial score (nSPS) is 12.1. The molecule has 4 amide bonds. The van der Waals surface area contributed by atoms with Crippen molar-refractivity contribution in [3.05, 3.63) is 54.1 Å². The molecule has 0 aliphatic heterocycles. The third kappa shape index (κ3) is 5.46. The molecule has 0 aliphatic carbocycles. The number of urea groups is 2. The van der Waals surface area contributed by atoms with Gasteiger partial charge in [0.25, 0.3) is 0 Å². The predicted molar refractivity (Wildman–Crippen MR) is 98.0 cm³/mol. The van der Waals surface area contributed by atoms with E-state index in [0.717, 1.165) is 5.56 Å². The van der Waals surface area contributed by atoms with E-state index in [4.69, 9.17) is 10.9 Å². The van der Waals surface area contributed by atoms with Gasteiger partial charge in [0.15, 0.2) is 0 Å². The van der Waals surface area contributed by atoms with Gasteiger partial charge in [-0.25, -0.2) is 23.1 Å². The van der Waals surface area contributed by atoms with E-state index < -0.39 is 22.1 Å². The van der Waals surface area contributed by atoms with Crippen LogP contribution in [0.15, 0.2) is 53.4 Å². The van der Waals surface area contributed by atoms with Crippen LogP contribution in [0.4, 0.5) is 21.0 Å². The Morgan fingerprint density at radius 3 is 2.23 bits per heavy atom. The van der Waals surface area contributed by atoms with Crippen molar-refractivity contribution in [3.63, 3.8) is 0 Å². The summed E-state index contributed by atoms with van der Waals surface area (Å²) in [4.78, 5) is 22.8. The lowest BCUT2D eigenvalue weighted by Gasteiger charge is -2.16. The summed E-state index contributed by atoms with van der Waals surface area (Å²) < 4.78 is 22.7. The van der Waals surface area contributed by atoms with Crippen molar-refractivity contribution in [2.24, 2.45) is 10.9 Å². The van der Waals surface area contributed by atoms with E-state index in [1.54, 1.807) is 37.3 Å². The molecular weight excluding hydrogens is 358 g/mol. The monoisotopic (exact) mass is 377 g/mol. The largest absolute Gasteiger partial charge is 0.351 e. The molecule has 0 aliphatic rings. The smallest absolute Gasteiger partial charge is 0.319 e. The molecule has 9 nitrogen and oxygen atoms in total. The first kappa shape index (κ1) is 19.2. The highest BCUT2D eigenvalue weighted by Crippen LogP contribution is 2.17. The molecule has 1 atom stereocenters. The average molecular weight is 377 g/mol. The third-order valence-corrected chi connectivity index (χ3v) is 4.36. The first-order chi connectivity index (χ1) is 12.1. The maximum atomic E-state index is 12.1. The summed E-state index contributed by atoms with van der Waals surface area (Å²) in [6, 6.07) is 10.9. The van der Waals surface area contributed by atoms with Gasteiger partial charge in [-0.05, 0) is 42.8 Å². The predicted octanol–water partition coefficient (Wildman–Crippen LogP) is 1.71. The Hall–Kier alpha value is -3.11. The lowest BCUT2D eigenvalue weighted by atomic mass is 10.1. The van der Waals surface area contributed by atoms with Crippen molar-refractivity contribution in [2.45, 2.75) is 17.9 Å². The van der Waals surface area contributed by atoms with Gasteiger partial charge in [-0.15, -0.1) is 0 Å². The van der Waals surface area contributed by atoms with Crippen LogP contribution in [0.1, 0.15) is 18.5 Å². The molecule has 0 heterocycles. The van der Waals surface area contributed by atoms with Crippen molar-refractivity contribution in [3.8, 4) is 0 Å². The fourth-order valence-corrected chi connectivity index (χ4v) is 2.75. The molecule has 2 aromatic rings. The number of amides is 4. The molecule has 138 valence electrons. The third-order valence-electron chi connectivity index (χ3n) is 3.45. The molecule has 0 radical (unpaired) electrons. The van der Waals surface area contributed by atoms with Gasteiger partial charge in [-0.3, -0.25) is 0 Å². The van der Waals surface area contributed by atoms with Crippen LogP contribution in [0.5, 0.6) is 0 Å². The van der Waals surface area contributed by atoms with Crippen LogP contribution >= 0.6 is 0 Å². The number of rotatable bonds is 5. The fraction of sp³-hybridized carbons (Fsp3) is 0.125. The number of hydrogen-bond acceptors (Lipinski definition) is 4. The number of hydrogen-bond donors (Lipinski definition) is 5. The molecule has 1 unspecified atom stereocenters. The SMILES string of the molecule is CC(NC(=O)Nc1cccc(S(N)(=O)=O)c1)c1ccc(NC(N)=O)cc1. The van der Waals surface area contributed by atoms with Crippen LogP contribution in [0, 0.1) is 0 Å². The van der Waals surface area contributed by atoms with E-state index in [-0.39, 0.29) is 10.9 Å². The van der Waals surface area contributed by atoms with Gasteiger partial charge >= 0.3 is 12.1 Å². The van der Waals surface area contributed by atoms with Crippen molar-refractivity contribution < 1.29 is 18.0 Å². The zero-order chi connectivity index (χ0) is 19.3. The van der Waals surface area contributed by atoms with Gasteiger partial charge in [0, 0.05) is 11.4 Å². The molecule has 7 N–H and O–H groups in total. The average Bonchev–Trinajstić information content (AvgIpc) is 2.54. The summed E-state index contributed by atoms with van der Waals surface area (Å²) in [5, 5.41) is 12.8. The molecule has 0 saturated carbocycles. The number of sulfonamides is 1. The molecule has 0 saturated heterocycles. The Labute approximate surface area is 150 Å². The summed E-state index contributed by atoms with van der Waals surface area (Å²) >= 11 is 0. The molecule has 26 heavy (non-hydrogen) atoms. The summed E-state index contributed by atoms with van der Waals surface area (Å²) in [5.41, 5.74) is 6.67. The summed E-state index contributed by atoms with van der Waals surface area (Å²) in [6.07, 6.45) is 0. The lowest BCUT2D eigenvalue weighted by Crippen LogP contribution is -2.31. The molecular formula is C16H19N5O4S. The van der Waals surface area contributed by atoms with Crippen LogP contribution in [0.2, 0.25) is 0 Å². The minimum Gasteiger partial charge on any atom is -0.351 e. The van der Waals surface area contributed by atoms with E-state index in [1.165, 1.54) is 18.2 Å². The molecule has 0 aromatic heterocycles. The maximum absolute atomic E-state index is 12.1. The van der Waals surface area contributed by atoms with Gasteiger partial charge in [-0.1, -0.05) is 18.2 Å². The van der Waals surface area contributed by atoms with Gasteiger partial charge in [0.1, 0.15) is 0 Å². The molecule has 2 aromatic carbocycles. The Morgan fingerprint density at radius 2 is 1.65 bits per heavy atom. The molecule has 10 heteroatoms. The highest BCUT2D eigenvalue weighted by Gasteiger charge is 2.12. The second kappa shape index (κ2) is 7.85. The van der Waals surface area contributed by atoms with Crippen LogP contribution in [-0.4, -0.2) is 20.5 Å². The summed E-state index contributed by atoms with van der Waals surface area (Å²) in [7, 11) is -3.85. The number of nitrogens with one attached hydrogen (secondary N) is 3. The highest BCUT2D eigenvalue weighted by atomic mass is 32.2. The number of primary sulfonamides is 1. The number of nitrogens with two attached hydrogens (primary N) is 2. The van der Waals surface area contributed by atoms with Crippen LogP contribution in [0.3, 0.4) is 0 Å². The number of carbonyl (C=O) groups excluding carboxylic acids is 2. The lowest BCUT2D eigenvalue weighted by molar-refractivity contribution is 0.249. The molecule has 0 bridgehead atoms. The number of benzene rings is 2. The second-order valence-electron chi connectivity index (χ2n) is 5.50. The Bertz CT molecular complexity index is 912. The summed E-state index contributed by atoms with van der Waals surface area (Å²) in [5.74, 6) is 0. The van der Waals surface area contributed by atoms with Crippen LogP contribution in [0.25, 0.3) is 0 Å². The van der Waals surface area contributed by atoms with E-state index in [9.17, 15) is 18.0 Å². The number of anilines is 2. The Balaban J connectivity index is 2.00. The minimum absolute atomic E-state index is 0.0964. The number of primary amides is 1. The Morgan fingerprint density at radius 1 is 1.00 bits per heavy atom. The molecule has 0 spiro atoms.